The molecule has 0 amide bonds. The minimum atomic E-state index is 0.808. The van der Waals surface area contributed by atoms with Crippen LogP contribution in [0.3, 0.4) is 0 Å². The standard InChI is InChI=1S/C15H17NO/c1-12-7-3-5-9-14(12)17-15-10-6-4-8-13(15)11-16-2/h3-10,16H,11H2,1-2H3. The Kier molecular flexibility index (Phi) is 3.78. The Hall–Kier alpha value is -1.80. The molecule has 1 N–H and O–H groups in total. The Labute approximate surface area is 102 Å². The van der Waals surface area contributed by atoms with Gasteiger partial charge in [-0.3, -0.25) is 0 Å². The predicted molar refractivity (Wildman–Crippen MR) is 70.5 cm³/mol. The van der Waals surface area contributed by atoms with E-state index in [0.717, 1.165) is 23.6 Å². The van der Waals surface area contributed by atoms with Gasteiger partial charge in [0.25, 0.3) is 0 Å². The molecule has 0 fully saturated rings. The van der Waals surface area contributed by atoms with E-state index in [1.165, 1.54) is 5.56 Å². The third kappa shape index (κ3) is 2.86. The average Bonchev–Trinajstić information content (AvgIpc) is 2.35. The van der Waals surface area contributed by atoms with Gasteiger partial charge in [0.15, 0.2) is 0 Å². The lowest BCUT2D eigenvalue weighted by molar-refractivity contribution is 0.471. The van der Waals surface area contributed by atoms with E-state index in [9.17, 15) is 0 Å². The molecule has 0 radical (unpaired) electrons. The van der Waals surface area contributed by atoms with Crippen LogP contribution in [0.1, 0.15) is 11.1 Å². The lowest BCUT2D eigenvalue weighted by Gasteiger charge is -2.12. The third-order valence-electron chi connectivity index (χ3n) is 2.65. The van der Waals surface area contributed by atoms with Crippen LogP contribution < -0.4 is 10.1 Å². The van der Waals surface area contributed by atoms with Gasteiger partial charge >= 0.3 is 0 Å². The number of hydrogen-bond donors (Lipinski definition) is 1. The number of rotatable bonds is 4. The predicted octanol–water partition coefficient (Wildman–Crippen LogP) is 3.51. The second-order valence-corrected chi connectivity index (χ2v) is 4.01. The second-order valence-electron chi connectivity index (χ2n) is 4.01. The van der Waals surface area contributed by atoms with E-state index >= 15 is 0 Å². The highest BCUT2D eigenvalue weighted by atomic mass is 16.5. The van der Waals surface area contributed by atoms with E-state index in [1.807, 2.05) is 43.4 Å². The summed E-state index contributed by atoms with van der Waals surface area (Å²) in [5.74, 6) is 1.83. The minimum Gasteiger partial charge on any atom is -0.457 e. The molecule has 0 aromatic heterocycles. The maximum absolute atomic E-state index is 5.95. The van der Waals surface area contributed by atoms with Crippen LogP contribution in [0.25, 0.3) is 0 Å². The maximum Gasteiger partial charge on any atom is 0.131 e. The summed E-state index contributed by atoms with van der Waals surface area (Å²) in [6, 6.07) is 16.1. The molecule has 0 heterocycles. The van der Waals surface area contributed by atoms with E-state index < -0.39 is 0 Å². The van der Waals surface area contributed by atoms with E-state index in [1.54, 1.807) is 0 Å². The van der Waals surface area contributed by atoms with E-state index in [-0.39, 0.29) is 0 Å². The van der Waals surface area contributed by atoms with Crippen molar-refractivity contribution in [1.82, 2.24) is 5.32 Å². The number of benzene rings is 2. The molecule has 0 saturated heterocycles. The lowest BCUT2D eigenvalue weighted by atomic mass is 10.2. The Balaban J connectivity index is 2.27. The summed E-state index contributed by atoms with van der Waals surface area (Å²) in [5, 5.41) is 3.14. The minimum absolute atomic E-state index is 0.808. The van der Waals surface area contributed by atoms with Gasteiger partial charge in [0.1, 0.15) is 11.5 Å². The summed E-state index contributed by atoms with van der Waals surface area (Å²) in [7, 11) is 1.94. The Morgan fingerprint density at radius 3 is 2.29 bits per heavy atom. The monoisotopic (exact) mass is 227 g/mol. The third-order valence-corrected chi connectivity index (χ3v) is 2.65. The van der Waals surface area contributed by atoms with Crippen LogP contribution in [0.4, 0.5) is 0 Å². The summed E-state index contributed by atoms with van der Waals surface area (Å²) in [5.41, 5.74) is 2.31. The zero-order chi connectivity index (χ0) is 12.1. The van der Waals surface area contributed by atoms with Crippen molar-refractivity contribution < 1.29 is 4.74 Å². The van der Waals surface area contributed by atoms with Gasteiger partial charge in [-0.2, -0.15) is 0 Å². The van der Waals surface area contributed by atoms with E-state index in [2.05, 4.69) is 24.4 Å². The van der Waals surface area contributed by atoms with Crippen LogP contribution in [-0.2, 0) is 6.54 Å². The molecule has 2 rings (SSSR count). The molecule has 0 atom stereocenters. The van der Waals surface area contributed by atoms with Gasteiger partial charge in [-0.05, 0) is 31.7 Å². The summed E-state index contributed by atoms with van der Waals surface area (Å²) < 4.78 is 5.95. The van der Waals surface area contributed by atoms with Crippen LogP contribution in [0, 0.1) is 6.92 Å². The van der Waals surface area contributed by atoms with Gasteiger partial charge in [-0.15, -0.1) is 0 Å². The molecule has 2 aromatic rings. The molecule has 0 aliphatic carbocycles. The number of hydrogen-bond acceptors (Lipinski definition) is 2. The zero-order valence-corrected chi connectivity index (χ0v) is 10.2. The molecule has 0 spiro atoms. The smallest absolute Gasteiger partial charge is 0.131 e. The average molecular weight is 227 g/mol. The SMILES string of the molecule is CNCc1ccccc1Oc1ccccc1C. The van der Waals surface area contributed by atoms with Crippen molar-refractivity contribution >= 4 is 0 Å². The van der Waals surface area contributed by atoms with Crippen molar-refractivity contribution in [3.8, 4) is 11.5 Å². The van der Waals surface area contributed by atoms with E-state index in [4.69, 9.17) is 4.74 Å². The largest absolute Gasteiger partial charge is 0.457 e. The maximum atomic E-state index is 5.95. The Morgan fingerprint density at radius 2 is 1.59 bits per heavy atom. The Morgan fingerprint density at radius 1 is 0.941 bits per heavy atom. The van der Waals surface area contributed by atoms with Crippen LogP contribution in [0.5, 0.6) is 11.5 Å². The first-order valence-electron chi connectivity index (χ1n) is 5.77. The quantitative estimate of drug-likeness (QED) is 0.863. The van der Waals surface area contributed by atoms with Crippen LogP contribution in [-0.4, -0.2) is 7.05 Å². The topological polar surface area (TPSA) is 21.3 Å². The molecule has 0 saturated carbocycles. The summed E-state index contributed by atoms with van der Waals surface area (Å²) in [4.78, 5) is 0. The fourth-order valence-electron chi connectivity index (χ4n) is 1.73. The summed E-state index contributed by atoms with van der Waals surface area (Å²) >= 11 is 0. The highest BCUT2D eigenvalue weighted by molar-refractivity contribution is 5.40. The van der Waals surface area contributed by atoms with Crippen molar-refractivity contribution in [3.05, 3.63) is 59.7 Å². The van der Waals surface area contributed by atoms with E-state index in [0.29, 0.717) is 0 Å². The van der Waals surface area contributed by atoms with Gasteiger partial charge in [-0.1, -0.05) is 36.4 Å². The molecule has 0 bridgehead atoms. The number of nitrogens with one attached hydrogen (secondary N) is 1. The van der Waals surface area contributed by atoms with Crippen LogP contribution in [0.15, 0.2) is 48.5 Å². The first kappa shape index (κ1) is 11.7. The fourth-order valence-corrected chi connectivity index (χ4v) is 1.73. The normalized spacial score (nSPS) is 10.2. The molecular formula is C15H17NO. The molecule has 2 heteroatoms. The molecule has 17 heavy (non-hydrogen) atoms. The van der Waals surface area contributed by atoms with Crippen LogP contribution in [0.2, 0.25) is 0 Å². The molecule has 88 valence electrons. The van der Waals surface area contributed by atoms with Crippen molar-refractivity contribution in [2.24, 2.45) is 0 Å². The van der Waals surface area contributed by atoms with Gasteiger partial charge in [0, 0.05) is 12.1 Å². The van der Waals surface area contributed by atoms with Crippen LogP contribution >= 0.6 is 0 Å². The second kappa shape index (κ2) is 5.51. The fraction of sp³-hybridized carbons (Fsp3) is 0.200. The molecule has 0 aliphatic heterocycles. The highest BCUT2D eigenvalue weighted by Crippen LogP contribution is 2.27. The van der Waals surface area contributed by atoms with Crippen molar-refractivity contribution in [2.75, 3.05) is 7.05 Å². The first-order valence-corrected chi connectivity index (χ1v) is 5.77. The first-order chi connectivity index (χ1) is 8.31. The molecule has 2 aromatic carbocycles. The molecular weight excluding hydrogens is 210 g/mol. The van der Waals surface area contributed by atoms with Crippen molar-refractivity contribution in [1.29, 1.82) is 0 Å². The van der Waals surface area contributed by atoms with Crippen molar-refractivity contribution in [3.63, 3.8) is 0 Å². The summed E-state index contributed by atoms with van der Waals surface area (Å²) in [6.07, 6.45) is 0. The molecule has 0 unspecified atom stereocenters. The molecule has 2 nitrogen and oxygen atoms in total. The number of aryl methyl sites for hydroxylation is 1. The van der Waals surface area contributed by atoms with Gasteiger partial charge in [-0.25, -0.2) is 0 Å². The zero-order valence-electron chi connectivity index (χ0n) is 10.2. The number of ether oxygens (including phenoxy) is 1. The summed E-state index contributed by atoms with van der Waals surface area (Å²) in [6.45, 7) is 2.86. The van der Waals surface area contributed by atoms with Gasteiger partial charge in [0.2, 0.25) is 0 Å². The molecule has 0 aliphatic rings. The number of para-hydroxylation sites is 2. The van der Waals surface area contributed by atoms with Gasteiger partial charge in [0.05, 0.1) is 0 Å². The lowest BCUT2D eigenvalue weighted by Crippen LogP contribution is -2.06. The van der Waals surface area contributed by atoms with Crippen molar-refractivity contribution in [2.45, 2.75) is 13.5 Å². The highest BCUT2D eigenvalue weighted by Gasteiger charge is 2.04. The van der Waals surface area contributed by atoms with Gasteiger partial charge < -0.3 is 10.1 Å². The Bertz CT molecular complexity index is 494.